The lowest BCUT2D eigenvalue weighted by Gasteiger charge is -2.37. The van der Waals surface area contributed by atoms with E-state index in [-0.39, 0.29) is 0 Å². The molecule has 1 unspecified atom stereocenters. The summed E-state index contributed by atoms with van der Waals surface area (Å²) in [7, 11) is 0. The number of rotatable bonds is 6. The molecule has 1 atom stereocenters. The first-order valence-corrected chi connectivity index (χ1v) is 6.11. The van der Waals surface area contributed by atoms with E-state index < -0.39 is 5.60 Å². The van der Waals surface area contributed by atoms with Gasteiger partial charge in [0.2, 0.25) is 0 Å². The molecule has 0 amide bonds. The first-order chi connectivity index (χ1) is 7.68. The molecule has 1 aromatic rings. The standard InChI is InChI=1S/C12H21N3O/c1-11(4-9-15-8-3-7-14-15)13-10-12(16)5-2-6-12/h3,7-8,11,13,16H,2,4-6,9-10H2,1H3. The lowest BCUT2D eigenvalue weighted by atomic mass is 9.80. The Morgan fingerprint density at radius 3 is 2.94 bits per heavy atom. The summed E-state index contributed by atoms with van der Waals surface area (Å²) in [6, 6.07) is 2.36. The van der Waals surface area contributed by atoms with Crippen molar-refractivity contribution < 1.29 is 5.11 Å². The topological polar surface area (TPSA) is 50.1 Å². The van der Waals surface area contributed by atoms with Gasteiger partial charge in [-0.15, -0.1) is 0 Å². The number of nitrogens with one attached hydrogen (secondary N) is 1. The Bertz CT molecular complexity index is 306. The van der Waals surface area contributed by atoms with Gasteiger partial charge in [-0.05, 0) is 38.7 Å². The molecule has 0 saturated heterocycles. The maximum atomic E-state index is 9.93. The van der Waals surface area contributed by atoms with Crippen LogP contribution in [0.1, 0.15) is 32.6 Å². The van der Waals surface area contributed by atoms with Crippen molar-refractivity contribution in [2.45, 2.75) is 50.8 Å². The van der Waals surface area contributed by atoms with E-state index in [0.717, 1.165) is 32.4 Å². The first-order valence-electron chi connectivity index (χ1n) is 6.11. The fraction of sp³-hybridized carbons (Fsp3) is 0.750. The molecular weight excluding hydrogens is 202 g/mol. The van der Waals surface area contributed by atoms with Gasteiger partial charge in [-0.2, -0.15) is 5.10 Å². The summed E-state index contributed by atoms with van der Waals surface area (Å²) in [5.74, 6) is 0. The predicted octanol–water partition coefficient (Wildman–Crippen LogP) is 1.17. The maximum Gasteiger partial charge on any atom is 0.0771 e. The van der Waals surface area contributed by atoms with Crippen LogP contribution in [-0.2, 0) is 6.54 Å². The fourth-order valence-corrected chi connectivity index (χ4v) is 1.99. The van der Waals surface area contributed by atoms with Crippen molar-refractivity contribution in [1.29, 1.82) is 0 Å². The van der Waals surface area contributed by atoms with Gasteiger partial charge < -0.3 is 10.4 Å². The average molecular weight is 223 g/mol. The van der Waals surface area contributed by atoms with Crippen molar-refractivity contribution in [3.63, 3.8) is 0 Å². The molecule has 0 spiro atoms. The lowest BCUT2D eigenvalue weighted by molar-refractivity contribution is -0.0330. The quantitative estimate of drug-likeness (QED) is 0.761. The lowest BCUT2D eigenvalue weighted by Crippen LogP contribution is -2.48. The summed E-state index contributed by atoms with van der Waals surface area (Å²) in [5.41, 5.74) is -0.417. The van der Waals surface area contributed by atoms with Gasteiger partial charge in [-0.3, -0.25) is 4.68 Å². The van der Waals surface area contributed by atoms with Crippen LogP contribution >= 0.6 is 0 Å². The van der Waals surface area contributed by atoms with E-state index in [9.17, 15) is 5.11 Å². The molecule has 0 aromatic carbocycles. The van der Waals surface area contributed by atoms with Crippen LogP contribution in [0.4, 0.5) is 0 Å². The van der Waals surface area contributed by atoms with Gasteiger partial charge in [-0.1, -0.05) is 0 Å². The van der Waals surface area contributed by atoms with Gasteiger partial charge in [0.1, 0.15) is 0 Å². The Kier molecular flexibility index (Phi) is 3.61. The highest BCUT2D eigenvalue weighted by Crippen LogP contribution is 2.30. The van der Waals surface area contributed by atoms with Crippen LogP contribution in [0.15, 0.2) is 18.5 Å². The van der Waals surface area contributed by atoms with Crippen LogP contribution in [0.5, 0.6) is 0 Å². The third kappa shape index (κ3) is 3.06. The van der Waals surface area contributed by atoms with Gasteiger partial charge in [0, 0.05) is 31.5 Å². The zero-order valence-electron chi connectivity index (χ0n) is 9.89. The summed E-state index contributed by atoms with van der Waals surface area (Å²) in [4.78, 5) is 0. The molecular formula is C12H21N3O. The number of hydrogen-bond acceptors (Lipinski definition) is 3. The van der Waals surface area contributed by atoms with Gasteiger partial charge in [-0.25, -0.2) is 0 Å². The zero-order chi connectivity index (χ0) is 11.4. The van der Waals surface area contributed by atoms with Crippen molar-refractivity contribution in [2.24, 2.45) is 0 Å². The van der Waals surface area contributed by atoms with Crippen molar-refractivity contribution in [3.8, 4) is 0 Å². The number of nitrogens with zero attached hydrogens (tertiary/aromatic N) is 2. The number of aryl methyl sites for hydroxylation is 1. The second-order valence-electron chi connectivity index (χ2n) is 4.92. The average Bonchev–Trinajstić information content (AvgIpc) is 2.73. The summed E-state index contributed by atoms with van der Waals surface area (Å²) in [6.45, 7) is 3.82. The minimum atomic E-state index is -0.417. The van der Waals surface area contributed by atoms with Crippen molar-refractivity contribution in [1.82, 2.24) is 15.1 Å². The molecule has 1 aliphatic carbocycles. The number of aromatic nitrogens is 2. The Balaban J connectivity index is 1.62. The third-order valence-corrected chi connectivity index (χ3v) is 3.41. The Hall–Kier alpha value is -0.870. The zero-order valence-corrected chi connectivity index (χ0v) is 9.89. The molecule has 1 saturated carbocycles. The van der Waals surface area contributed by atoms with E-state index in [4.69, 9.17) is 0 Å². The summed E-state index contributed by atoms with van der Waals surface area (Å²) in [6.07, 6.45) is 7.89. The molecule has 1 heterocycles. The van der Waals surface area contributed by atoms with Crippen LogP contribution in [0.2, 0.25) is 0 Å². The van der Waals surface area contributed by atoms with E-state index in [1.54, 1.807) is 6.20 Å². The van der Waals surface area contributed by atoms with Crippen LogP contribution in [0, 0.1) is 0 Å². The molecule has 0 bridgehead atoms. The van der Waals surface area contributed by atoms with Crippen LogP contribution in [-0.4, -0.2) is 33.1 Å². The highest BCUT2D eigenvalue weighted by atomic mass is 16.3. The second kappa shape index (κ2) is 4.97. The maximum absolute atomic E-state index is 9.93. The van der Waals surface area contributed by atoms with Gasteiger partial charge in [0.25, 0.3) is 0 Å². The highest BCUT2D eigenvalue weighted by molar-refractivity contribution is 4.90. The molecule has 90 valence electrons. The molecule has 1 aliphatic rings. The molecule has 1 aromatic heterocycles. The van der Waals surface area contributed by atoms with E-state index in [0.29, 0.717) is 6.04 Å². The Morgan fingerprint density at radius 1 is 1.56 bits per heavy atom. The Morgan fingerprint density at radius 2 is 2.38 bits per heavy atom. The summed E-state index contributed by atoms with van der Waals surface area (Å²) < 4.78 is 1.94. The summed E-state index contributed by atoms with van der Waals surface area (Å²) >= 11 is 0. The second-order valence-corrected chi connectivity index (χ2v) is 4.92. The van der Waals surface area contributed by atoms with Crippen molar-refractivity contribution in [3.05, 3.63) is 18.5 Å². The van der Waals surface area contributed by atoms with Crippen molar-refractivity contribution in [2.75, 3.05) is 6.54 Å². The van der Waals surface area contributed by atoms with Crippen LogP contribution in [0.3, 0.4) is 0 Å². The molecule has 4 nitrogen and oxygen atoms in total. The van der Waals surface area contributed by atoms with E-state index in [2.05, 4.69) is 17.3 Å². The first kappa shape index (κ1) is 11.6. The Labute approximate surface area is 96.7 Å². The van der Waals surface area contributed by atoms with Gasteiger partial charge in [0.15, 0.2) is 0 Å². The molecule has 4 heteroatoms. The molecule has 2 N–H and O–H groups in total. The minimum Gasteiger partial charge on any atom is -0.389 e. The predicted molar refractivity (Wildman–Crippen MR) is 63.1 cm³/mol. The SMILES string of the molecule is CC(CCn1cccn1)NCC1(O)CCC1. The smallest absolute Gasteiger partial charge is 0.0771 e. The monoisotopic (exact) mass is 223 g/mol. The molecule has 2 rings (SSSR count). The minimum absolute atomic E-state index is 0.417. The number of aliphatic hydroxyl groups is 1. The third-order valence-electron chi connectivity index (χ3n) is 3.41. The van der Waals surface area contributed by atoms with Crippen LogP contribution in [0.25, 0.3) is 0 Å². The molecule has 0 radical (unpaired) electrons. The van der Waals surface area contributed by atoms with E-state index in [1.807, 2.05) is 16.9 Å². The van der Waals surface area contributed by atoms with Gasteiger partial charge >= 0.3 is 0 Å². The highest BCUT2D eigenvalue weighted by Gasteiger charge is 2.33. The van der Waals surface area contributed by atoms with E-state index >= 15 is 0 Å². The molecule has 16 heavy (non-hydrogen) atoms. The largest absolute Gasteiger partial charge is 0.389 e. The van der Waals surface area contributed by atoms with E-state index in [1.165, 1.54) is 6.42 Å². The van der Waals surface area contributed by atoms with Crippen molar-refractivity contribution >= 4 is 0 Å². The number of hydrogen-bond donors (Lipinski definition) is 2. The van der Waals surface area contributed by atoms with Gasteiger partial charge in [0.05, 0.1) is 5.60 Å². The normalized spacial score (nSPS) is 20.4. The molecule has 0 aliphatic heterocycles. The molecule has 1 fully saturated rings. The summed E-state index contributed by atoms with van der Waals surface area (Å²) in [5, 5.41) is 17.5. The van der Waals surface area contributed by atoms with Crippen LogP contribution < -0.4 is 5.32 Å². The fourth-order valence-electron chi connectivity index (χ4n) is 1.99.